The van der Waals surface area contributed by atoms with E-state index in [1.54, 1.807) is 6.07 Å². The number of halogens is 3. The molecule has 0 aliphatic rings. The first-order valence-corrected chi connectivity index (χ1v) is 16.2. The fourth-order valence-corrected chi connectivity index (χ4v) is 7.27. The fraction of sp³-hybridized carbons (Fsp3) is 0.116. The highest BCUT2D eigenvalue weighted by Gasteiger charge is 2.32. The van der Waals surface area contributed by atoms with E-state index in [4.69, 9.17) is 0 Å². The zero-order valence-electron chi connectivity index (χ0n) is 27.7. The first kappa shape index (κ1) is 31.0. The number of aryl methyl sites for hydroxylation is 4. The summed E-state index contributed by atoms with van der Waals surface area (Å²) in [6.45, 7) is 8.14. The van der Waals surface area contributed by atoms with Crippen molar-refractivity contribution in [1.29, 1.82) is 10.5 Å². The Balaban J connectivity index is 1.60. The molecule has 0 bridgehead atoms. The van der Waals surface area contributed by atoms with Gasteiger partial charge in [-0.15, -0.1) is 0 Å². The Bertz CT molecular complexity index is 2700. The van der Waals surface area contributed by atoms with Gasteiger partial charge in [0.25, 0.3) is 0 Å². The number of nitrogens with zero attached hydrogens (tertiary/aromatic N) is 4. The summed E-state index contributed by atoms with van der Waals surface area (Å²) in [5.74, 6) is 0. The average molecular weight is 659 g/mol. The van der Waals surface area contributed by atoms with Crippen LogP contribution < -0.4 is 0 Å². The zero-order valence-corrected chi connectivity index (χ0v) is 27.7. The van der Waals surface area contributed by atoms with Gasteiger partial charge in [0.1, 0.15) is 0 Å². The third kappa shape index (κ3) is 4.82. The van der Waals surface area contributed by atoms with Gasteiger partial charge in [-0.1, -0.05) is 48.5 Å². The lowest BCUT2D eigenvalue weighted by Gasteiger charge is -2.20. The summed E-state index contributed by atoms with van der Waals surface area (Å²) in [6.07, 6.45) is -4.68. The summed E-state index contributed by atoms with van der Waals surface area (Å²) in [5.41, 5.74) is 8.92. The van der Waals surface area contributed by atoms with E-state index in [0.29, 0.717) is 16.9 Å². The third-order valence-electron chi connectivity index (χ3n) is 9.57. The van der Waals surface area contributed by atoms with E-state index in [2.05, 4.69) is 88.0 Å². The van der Waals surface area contributed by atoms with Crippen LogP contribution in [-0.4, -0.2) is 9.13 Å². The van der Waals surface area contributed by atoms with E-state index >= 15 is 0 Å². The topological polar surface area (TPSA) is 57.4 Å². The van der Waals surface area contributed by atoms with Gasteiger partial charge in [0.15, 0.2) is 0 Å². The summed E-state index contributed by atoms with van der Waals surface area (Å²) in [4.78, 5) is 0. The molecule has 0 saturated heterocycles. The van der Waals surface area contributed by atoms with Crippen molar-refractivity contribution in [1.82, 2.24) is 9.13 Å². The SMILES string of the molecule is Cc1ccc2c3ccc(C)cc3n(-c3cc(C#N)c(-c4cc(C#N)cc(C(F)(F)F)c4)cc3-n3c4cc(C)ccc4c4ccc(C)cc43)c2c1. The van der Waals surface area contributed by atoms with Crippen LogP contribution in [0.5, 0.6) is 0 Å². The maximum Gasteiger partial charge on any atom is 0.416 e. The second-order valence-electron chi connectivity index (χ2n) is 13.2. The van der Waals surface area contributed by atoms with Crippen molar-refractivity contribution in [3.8, 4) is 34.6 Å². The number of aromatic nitrogens is 2. The summed E-state index contributed by atoms with van der Waals surface area (Å²) in [6, 6.07) is 36.2. The first-order valence-electron chi connectivity index (χ1n) is 16.2. The van der Waals surface area contributed by atoms with E-state index in [0.717, 1.165) is 78.0 Å². The Morgan fingerprint density at radius 3 is 1.30 bits per heavy atom. The quantitative estimate of drug-likeness (QED) is 0.190. The molecule has 8 aromatic rings. The largest absolute Gasteiger partial charge is 0.416 e. The van der Waals surface area contributed by atoms with E-state index in [1.807, 2.05) is 39.8 Å². The minimum Gasteiger partial charge on any atom is -0.307 e. The van der Waals surface area contributed by atoms with Gasteiger partial charge in [-0.25, -0.2) is 0 Å². The molecule has 0 unspecified atom stereocenters. The molecule has 4 nitrogen and oxygen atoms in total. The van der Waals surface area contributed by atoms with Gasteiger partial charge in [-0.2, -0.15) is 23.7 Å². The van der Waals surface area contributed by atoms with Gasteiger partial charge < -0.3 is 9.13 Å². The Hall–Kier alpha value is -6.31. The summed E-state index contributed by atoms with van der Waals surface area (Å²) in [7, 11) is 0. The molecule has 50 heavy (non-hydrogen) atoms. The normalized spacial score (nSPS) is 11.9. The molecule has 0 fully saturated rings. The average Bonchev–Trinajstić information content (AvgIpc) is 3.57. The monoisotopic (exact) mass is 658 g/mol. The van der Waals surface area contributed by atoms with Crippen molar-refractivity contribution in [2.45, 2.75) is 33.9 Å². The molecule has 0 atom stereocenters. The Morgan fingerprint density at radius 1 is 0.500 bits per heavy atom. The molecule has 2 aromatic heterocycles. The number of hydrogen-bond donors (Lipinski definition) is 0. The first-order chi connectivity index (χ1) is 23.9. The lowest BCUT2D eigenvalue weighted by molar-refractivity contribution is -0.137. The molecule has 0 aliphatic carbocycles. The Kier molecular flexibility index (Phi) is 6.89. The smallest absolute Gasteiger partial charge is 0.307 e. The molecule has 242 valence electrons. The summed E-state index contributed by atoms with van der Waals surface area (Å²) >= 11 is 0. The van der Waals surface area contributed by atoms with Crippen molar-refractivity contribution in [3.05, 3.63) is 142 Å². The number of hydrogen-bond acceptors (Lipinski definition) is 2. The van der Waals surface area contributed by atoms with Gasteiger partial charge in [-0.05, 0) is 110 Å². The number of fused-ring (bicyclic) bond motifs is 6. The van der Waals surface area contributed by atoms with Crippen LogP contribution in [0.3, 0.4) is 0 Å². The van der Waals surface area contributed by atoms with Crippen molar-refractivity contribution >= 4 is 43.6 Å². The number of benzene rings is 6. The lowest BCUT2D eigenvalue weighted by Crippen LogP contribution is -2.07. The minimum absolute atomic E-state index is 0.138. The molecular weight excluding hydrogens is 629 g/mol. The van der Waals surface area contributed by atoms with Crippen molar-refractivity contribution < 1.29 is 13.2 Å². The van der Waals surface area contributed by atoms with E-state index in [-0.39, 0.29) is 16.7 Å². The maximum atomic E-state index is 14.1. The molecule has 0 radical (unpaired) electrons. The molecule has 0 aliphatic heterocycles. The number of alkyl halides is 3. The molecule has 0 amide bonds. The molecule has 2 heterocycles. The summed E-state index contributed by atoms with van der Waals surface area (Å²) < 4.78 is 46.7. The Morgan fingerprint density at radius 2 is 0.920 bits per heavy atom. The van der Waals surface area contributed by atoms with Crippen molar-refractivity contribution in [2.75, 3.05) is 0 Å². The van der Waals surface area contributed by atoms with Gasteiger partial charge in [0, 0.05) is 27.1 Å². The number of rotatable bonds is 3. The highest BCUT2D eigenvalue weighted by molar-refractivity contribution is 6.12. The highest BCUT2D eigenvalue weighted by Crippen LogP contribution is 2.42. The van der Waals surface area contributed by atoms with Gasteiger partial charge >= 0.3 is 6.18 Å². The van der Waals surface area contributed by atoms with Crippen LogP contribution in [0.1, 0.15) is 38.9 Å². The molecular formula is C43H29F3N4. The van der Waals surface area contributed by atoms with Crippen molar-refractivity contribution in [3.63, 3.8) is 0 Å². The van der Waals surface area contributed by atoms with Crippen LogP contribution >= 0.6 is 0 Å². The predicted molar refractivity (Wildman–Crippen MR) is 194 cm³/mol. The minimum atomic E-state index is -4.68. The van der Waals surface area contributed by atoms with Gasteiger partial charge in [0.2, 0.25) is 0 Å². The van der Waals surface area contributed by atoms with Gasteiger partial charge in [-0.3, -0.25) is 0 Å². The van der Waals surface area contributed by atoms with E-state index < -0.39 is 11.7 Å². The molecule has 0 spiro atoms. The van der Waals surface area contributed by atoms with E-state index in [9.17, 15) is 23.7 Å². The highest BCUT2D eigenvalue weighted by atomic mass is 19.4. The van der Waals surface area contributed by atoms with E-state index in [1.165, 1.54) is 6.07 Å². The number of nitriles is 2. The van der Waals surface area contributed by atoms with Crippen LogP contribution in [0.25, 0.3) is 66.1 Å². The van der Waals surface area contributed by atoms with Crippen LogP contribution in [0.15, 0.2) is 103 Å². The molecule has 0 N–H and O–H groups in total. The Labute approximate surface area is 286 Å². The molecule has 0 saturated carbocycles. The predicted octanol–water partition coefficient (Wildman–Crippen LogP) is 11.5. The molecule has 6 aromatic carbocycles. The standard InChI is InChI=1S/C43H29F3N4/c1-24-5-9-32-33-10-6-25(2)14-38(33)49(37(32)13-24)41-20-30(23-48)36(29-17-28(22-47)18-31(19-29)43(44,45)46)21-42(41)50-39-15-26(3)7-11-34(39)35-12-8-27(4)16-40(35)50/h5-21H,1-4H3. The second-order valence-corrected chi connectivity index (χ2v) is 13.2. The molecule has 7 heteroatoms. The second kappa shape index (κ2) is 11.1. The van der Waals surface area contributed by atoms with Crippen LogP contribution in [0.4, 0.5) is 13.2 Å². The maximum absolute atomic E-state index is 14.1. The summed E-state index contributed by atoms with van der Waals surface area (Å²) in [5, 5.41) is 24.6. The third-order valence-corrected chi connectivity index (χ3v) is 9.57. The lowest BCUT2D eigenvalue weighted by atomic mass is 9.94. The zero-order chi connectivity index (χ0) is 35.1. The molecule has 8 rings (SSSR count). The fourth-order valence-electron chi connectivity index (χ4n) is 7.27. The van der Waals surface area contributed by atoms with Gasteiger partial charge in [0.05, 0.1) is 62.3 Å². The van der Waals surface area contributed by atoms with Crippen molar-refractivity contribution in [2.24, 2.45) is 0 Å². The van der Waals surface area contributed by atoms with Crippen LogP contribution in [0, 0.1) is 50.4 Å². The van der Waals surface area contributed by atoms with Crippen LogP contribution in [-0.2, 0) is 6.18 Å². The van der Waals surface area contributed by atoms with Crippen LogP contribution in [0.2, 0.25) is 0 Å².